The van der Waals surface area contributed by atoms with Crippen LogP contribution in [0.1, 0.15) is 20.3 Å². The highest BCUT2D eigenvalue weighted by molar-refractivity contribution is 7.16. The molecule has 2 rings (SSSR count). The monoisotopic (exact) mass is 336 g/mol. The van der Waals surface area contributed by atoms with E-state index in [1.54, 1.807) is 6.07 Å². The topological polar surface area (TPSA) is 93.1 Å². The minimum absolute atomic E-state index is 0.0408. The van der Waals surface area contributed by atoms with Crippen molar-refractivity contribution >= 4 is 33.4 Å². The maximum absolute atomic E-state index is 12.2. The summed E-state index contributed by atoms with van der Waals surface area (Å²) in [5, 5.41) is 7.83. The van der Waals surface area contributed by atoms with Crippen LogP contribution in [0.3, 0.4) is 0 Å². The van der Waals surface area contributed by atoms with Gasteiger partial charge in [0.2, 0.25) is 11.8 Å². The summed E-state index contributed by atoms with van der Waals surface area (Å²) in [5.41, 5.74) is -0.131. The minimum Gasteiger partial charge on any atom is -0.354 e. The molecule has 2 aromatic rings. The Bertz CT molecular complexity index is 751. The molecular formula is C15H20N4O3S. The van der Waals surface area contributed by atoms with E-state index in [0.29, 0.717) is 23.3 Å². The minimum atomic E-state index is -0.166. The highest BCUT2D eigenvalue weighted by Gasteiger charge is 2.08. The zero-order valence-electron chi connectivity index (χ0n) is 13.2. The van der Waals surface area contributed by atoms with Crippen LogP contribution in [0, 0.1) is 5.92 Å². The number of amides is 2. The van der Waals surface area contributed by atoms with Crippen LogP contribution in [-0.4, -0.2) is 34.5 Å². The fourth-order valence-electron chi connectivity index (χ4n) is 1.95. The molecule has 2 heterocycles. The van der Waals surface area contributed by atoms with Gasteiger partial charge < -0.3 is 10.6 Å². The van der Waals surface area contributed by atoms with E-state index in [1.807, 2.05) is 19.2 Å². The molecular weight excluding hydrogens is 316 g/mol. The van der Waals surface area contributed by atoms with Crippen LogP contribution in [0.5, 0.6) is 0 Å². The van der Waals surface area contributed by atoms with Gasteiger partial charge in [-0.2, -0.15) is 0 Å². The first-order chi connectivity index (χ1) is 11.0. The van der Waals surface area contributed by atoms with Crippen molar-refractivity contribution in [3.8, 4) is 0 Å². The molecule has 0 unspecified atom stereocenters. The predicted molar refractivity (Wildman–Crippen MR) is 89.4 cm³/mol. The molecule has 124 valence electrons. The average Bonchev–Trinajstić information content (AvgIpc) is 3.00. The van der Waals surface area contributed by atoms with Gasteiger partial charge in [0, 0.05) is 32.0 Å². The van der Waals surface area contributed by atoms with Crippen molar-refractivity contribution in [3.05, 3.63) is 28.1 Å². The van der Waals surface area contributed by atoms with Crippen molar-refractivity contribution in [2.24, 2.45) is 5.92 Å². The van der Waals surface area contributed by atoms with E-state index in [4.69, 9.17) is 0 Å². The van der Waals surface area contributed by atoms with Crippen LogP contribution < -0.4 is 16.2 Å². The number of carbonyl (C=O) groups excluding carboxylic acids is 2. The summed E-state index contributed by atoms with van der Waals surface area (Å²) in [5.74, 6) is -0.279. The number of aryl methyl sites for hydroxylation is 1. The summed E-state index contributed by atoms with van der Waals surface area (Å²) >= 11 is 1.41. The molecule has 0 fully saturated rings. The standard InChI is InChI=1S/C15H20N4O3S/c1-10(2)13(21)17-6-5-16-12(20)3-7-19-9-18-14-11(15(19)22)4-8-23-14/h4,8-10H,3,5-7H2,1-2H3,(H,16,20)(H,17,21). The van der Waals surface area contributed by atoms with Gasteiger partial charge >= 0.3 is 0 Å². The molecule has 2 amide bonds. The van der Waals surface area contributed by atoms with Gasteiger partial charge in [0.25, 0.3) is 5.56 Å². The molecule has 23 heavy (non-hydrogen) atoms. The number of hydrogen-bond donors (Lipinski definition) is 2. The maximum Gasteiger partial charge on any atom is 0.262 e. The molecule has 0 aliphatic heterocycles. The van der Waals surface area contributed by atoms with Crippen molar-refractivity contribution in [1.29, 1.82) is 0 Å². The molecule has 8 heteroatoms. The van der Waals surface area contributed by atoms with Gasteiger partial charge in [0.1, 0.15) is 4.83 Å². The Morgan fingerprint density at radius 2 is 2.04 bits per heavy atom. The van der Waals surface area contributed by atoms with Crippen LogP contribution in [-0.2, 0) is 16.1 Å². The third kappa shape index (κ3) is 4.62. The normalized spacial score (nSPS) is 10.9. The zero-order chi connectivity index (χ0) is 16.8. The highest BCUT2D eigenvalue weighted by atomic mass is 32.1. The first kappa shape index (κ1) is 17.1. The van der Waals surface area contributed by atoms with Gasteiger partial charge in [-0.05, 0) is 11.4 Å². The third-order valence-corrected chi connectivity index (χ3v) is 4.12. The van der Waals surface area contributed by atoms with Gasteiger partial charge in [-0.1, -0.05) is 13.8 Å². The Balaban J connectivity index is 1.76. The molecule has 2 N–H and O–H groups in total. The van der Waals surface area contributed by atoms with Gasteiger partial charge in [0.15, 0.2) is 0 Å². The number of rotatable bonds is 7. The second-order valence-corrected chi connectivity index (χ2v) is 6.32. The van der Waals surface area contributed by atoms with E-state index in [9.17, 15) is 14.4 Å². The summed E-state index contributed by atoms with van der Waals surface area (Å²) < 4.78 is 1.44. The number of carbonyl (C=O) groups is 2. The number of thiophene rings is 1. The lowest BCUT2D eigenvalue weighted by atomic mass is 10.2. The quantitative estimate of drug-likeness (QED) is 0.729. The maximum atomic E-state index is 12.2. The molecule has 0 aliphatic carbocycles. The summed E-state index contributed by atoms with van der Waals surface area (Å²) in [4.78, 5) is 40.2. The SMILES string of the molecule is CC(C)C(=O)NCCNC(=O)CCn1cnc2sccc2c1=O. The van der Waals surface area contributed by atoms with Crippen molar-refractivity contribution in [3.63, 3.8) is 0 Å². The largest absolute Gasteiger partial charge is 0.354 e. The number of hydrogen-bond acceptors (Lipinski definition) is 5. The summed E-state index contributed by atoms with van der Waals surface area (Å²) in [6.45, 7) is 4.66. The molecule has 0 saturated heterocycles. The van der Waals surface area contributed by atoms with Crippen molar-refractivity contribution in [1.82, 2.24) is 20.2 Å². The summed E-state index contributed by atoms with van der Waals surface area (Å²) in [6, 6.07) is 1.74. The van der Waals surface area contributed by atoms with Crippen LogP contribution in [0.15, 0.2) is 22.6 Å². The lowest BCUT2D eigenvalue weighted by Crippen LogP contribution is -2.36. The Morgan fingerprint density at radius 1 is 1.30 bits per heavy atom. The van der Waals surface area contributed by atoms with Crippen molar-refractivity contribution < 1.29 is 9.59 Å². The van der Waals surface area contributed by atoms with E-state index in [1.165, 1.54) is 22.2 Å². The Kier molecular flexibility index (Phi) is 5.86. The molecule has 0 atom stereocenters. The van der Waals surface area contributed by atoms with Gasteiger partial charge in [-0.25, -0.2) is 4.98 Å². The molecule has 7 nitrogen and oxygen atoms in total. The highest BCUT2D eigenvalue weighted by Crippen LogP contribution is 2.13. The molecule has 0 radical (unpaired) electrons. The molecule has 0 bridgehead atoms. The molecule has 0 spiro atoms. The smallest absolute Gasteiger partial charge is 0.262 e. The Labute approximate surface area is 137 Å². The molecule has 0 aromatic carbocycles. The number of fused-ring (bicyclic) bond motifs is 1. The van der Waals surface area contributed by atoms with Crippen molar-refractivity contribution in [2.45, 2.75) is 26.8 Å². The molecule has 2 aromatic heterocycles. The Hall–Kier alpha value is -2.22. The van der Waals surface area contributed by atoms with Gasteiger partial charge in [0.05, 0.1) is 11.7 Å². The summed E-state index contributed by atoms with van der Waals surface area (Å²) in [6.07, 6.45) is 1.66. The van der Waals surface area contributed by atoms with Crippen LogP contribution in [0.25, 0.3) is 10.2 Å². The third-order valence-electron chi connectivity index (χ3n) is 3.30. The fourth-order valence-corrected chi connectivity index (χ4v) is 2.68. The van der Waals surface area contributed by atoms with E-state index in [-0.39, 0.29) is 36.3 Å². The second kappa shape index (κ2) is 7.87. The molecule has 0 saturated carbocycles. The Morgan fingerprint density at radius 3 is 2.78 bits per heavy atom. The summed E-state index contributed by atoms with van der Waals surface area (Å²) in [7, 11) is 0. The second-order valence-electron chi connectivity index (χ2n) is 5.43. The van der Waals surface area contributed by atoms with Gasteiger partial charge in [-0.3, -0.25) is 19.0 Å². The first-order valence-corrected chi connectivity index (χ1v) is 8.34. The lowest BCUT2D eigenvalue weighted by molar-refractivity contribution is -0.124. The first-order valence-electron chi connectivity index (χ1n) is 7.46. The predicted octanol–water partition coefficient (Wildman–Crippen LogP) is 0.736. The zero-order valence-corrected chi connectivity index (χ0v) is 14.0. The average molecular weight is 336 g/mol. The number of nitrogens with one attached hydrogen (secondary N) is 2. The van der Waals surface area contributed by atoms with E-state index < -0.39 is 0 Å². The van der Waals surface area contributed by atoms with Crippen molar-refractivity contribution in [2.75, 3.05) is 13.1 Å². The van der Waals surface area contributed by atoms with E-state index >= 15 is 0 Å². The van der Waals surface area contributed by atoms with Crippen LogP contribution in [0.4, 0.5) is 0 Å². The number of aromatic nitrogens is 2. The lowest BCUT2D eigenvalue weighted by Gasteiger charge is -2.09. The van der Waals surface area contributed by atoms with E-state index in [0.717, 1.165) is 0 Å². The molecule has 0 aliphatic rings. The van der Waals surface area contributed by atoms with E-state index in [2.05, 4.69) is 15.6 Å². The fraction of sp³-hybridized carbons (Fsp3) is 0.467. The van der Waals surface area contributed by atoms with Gasteiger partial charge in [-0.15, -0.1) is 11.3 Å². The van der Waals surface area contributed by atoms with Crippen LogP contribution in [0.2, 0.25) is 0 Å². The van der Waals surface area contributed by atoms with Crippen LogP contribution >= 0.6 is 11.3 Å². The number of nitrogens with zero attached hydrogens (tertiary/aromatic N) is 2.